The molecule has 1 aromatic heterocycles. The van der Waals surface area contributed by atoms with Gasteiger partial charge in [0.15, 0.2) is 0 Å². The summed E-state index contributed by atoms with van der Waals surface area (Å²) in [5.41, 5.74) is 1.95. The Morgan fingerprint density at radius 2 is 2.53 bits per heavy atom. The van der Waals surface area contributed by atoms with Crippen LogP contribution in [0.1, 0.15) is 10.5 Å². The molecule has 0 radical (unpaired) electrons. The molecule has 2 atom stereocenters. The number of halogens is 1. The third kappa shape index (κ3) is 2.00. The second kappa shape index (κ2) is 4.24. The SMILES string of the molecule is CN(C(=O)c1cscn1)C1COCC1F. The molecule has 6 heteroatoms. The van der Waals surface area contributed by atoms with Gasteiger partial charge in [-0.25, -0.2) is 9.37 Å². The Morgan fingerprint density at radius 3 is 3.07 bits per heavy atom. The minimum absolute atomic E-state index is 0.0688. The normalized spacial score (nSPS) is 25.5. The first-order chi connectivity index (χ1) is 7.20. The van der Waals surface area contributed by atoms with Crippen molar-refractivity contribution in [2.45, 2.75) is 12.2 Å². The number of likely N-dealkylation sites (N-methyl/N-ethyl adjacent to an activating group) is 1. The van der Waals surface area contributed by atoms with Gasteiger partial charge in [-0.15, -0.1) is 11.3 Å². The number of alkyl halides is 1. The van der Waals surface area contributed by atoms with Gasteiger partial charge in [0.2, 0.25) is 0 Å². The van der Waals surface area contributed by atoms with Crippen molar-refractivity contribution in [3.05, 3.63) is 16.6 Å². The molecule has 15 heavy (non-hydrogen) atoms. The Morgan fingerprint density at radius 1 is 1.73 bits per heavy atom. The van der Waals surface area contributed by atoms with Crippen molar-refractivity contribution in [2.24, 2.45) is 0 Å². The van der Waals surface area contributed by atoms with Crippen LogP contribution in [0.25, 0.3) is 0 Å². The lowest BCUT2D eigenvalue weighted by molar-refractivity contribution is 0.0667. The van der Waals surface area contributed by atoms with E-state index in [2.05, 4.69) is 4.98 Å². The van der Waals surface area contributed by atoms with Gasteiger partial charge in [-0.2, -0.15) is 0 Å². The zero-order valence-electron chi connectivity index (χ0n) is 8.22. The van der Waals surface area contributed by atoms with Crippen LogP contribution in [0, 0.1) is 0 Å². The molecule has 1 saturated heterocycles. The van der Waals surface area contributed by atoms with Crippen LogP contribution >= 0.6 is 11.3 Å². The molecular weight excluding hydrogens is 219 g/mol. The zero-order chi connectivity index (χ0) is 10.8. The number of thiazole rings is 1. The summed E-state index contributed by atoms with van der Waals surface area (Å²) < 4.78 is 18.3. The van der Waals surface area contributed by atoms with Crippen molar-refractivity contribution in [1.29, 1.82) is 0 Å². The standard InChI is InChI=1S/C9H11FN2O2S/c1-12(8-3-14-2-6(8)10)9(13)7-4-15-5-11-7/h4-6,8H,2-3H2,1H3. The van der Waals surface area contributed by atoms with Gasteiger partial charge in [-0.3, -0.25) is 4.79 Å². The first-order valence-corrected chi connectivity index (χ1v) is 5.51. The lowest BCUT2D eigenvalue weighted by Gasteiger charge is -2.23. The molecule has 0 N–H and O–H groups in total. The van der Waals surface area contributed by atoms with E-state index < -0.39 is 12.2 Å². The van der Waals surface area contributed by atoms with Crippen molar-refractivity contribution in [3.8, 4) is 0 Å². The van der Waals surface area contributed by atoms with Gasteiger partial charge in [-0.1, -0.05) is 0 Å². The molecule has 82 valence electrons. The van der Waals surface area contributed by atoms with Crippen molar-refractivity contribution in [1.82, 2.24) is 9.88 Å². The van der Waals surface area contributed by atoms with E-state index in [9.17, 15) is 9.18 Å². The van der Waals surface area contributed by atoms with Gasteiger partial charge < -0.3 is 9.64 Å². The highest BCUT2D eigenvalue weighted by Gasteiger charge is 2.34. The highest BCUT2D eigenvalue weighted by atomic mass is 32.1. The molecule has 1 fully saturated rings. The van der Waals surface area contributed by atoms with Crippen molar-refractivity contribution < 1.29 is 13.9 Å². The van der Waals surface area contributed by atoms with Crippen LogP contribution < -0.4 is 0 Å². The Kier molecular flexibility index (Phi) is 2.97. The summed E-state index contributed by atoms with van der Waals surface area (Å²) in [6.07, 6.45) is -1.10. The molecule has 0 saturated carbocycles. The summed E-state index contributed by atoms with van der Waals surface area (Å²) in [6, 6.07) is -0.487. The van der Waals surface area contributed by atoms with E-state index in [1.807, 2.05) is 0 Å². The molecule has 1 aromatic rings. The number of hydrogen-bond acceptors (Lipinski definition) is 4. The topological polar surface area (TPSA) is 42.4 Å². The number of carbonyl (C=O) groups excluding carboxylic acids is 1. The van der Waals surface area contributed by atoms with Crippen molar-refractivity contribution in [3.63, 3.8) is 0 Å². The molecule has 1 aliphatic heterocycles. The molecular formula is C9H11FN2O2S. The number of rotatable bonds is 2. The van der Waals surface area contributed by atoms with E-state index in [4.69, 9.17) is 4.74 Å². The average Bonchev–Trinajstić information content (AvgIpc) is 2.85. The van der Waals surface area contributed by atoms with E-state index in [1.165, 1.54) is 16.2 Å². The fourth-order valence-electron chi connectivity index (χ4n) is 1.52. The summed E-state index contributed by atoms with van der Waals surface area (Å²) in [7, 11) is 1.58. The Balaban J connectivity index is 2.07. The molecule has 0 aliphatic carbocycles. The molecule has 4 nitrogen and oxygen atoms in total. The van der Waals surface area contributed by atoms with Crippen LogP contribution in [-0.4, -0.2) is 48.3 Å². The quantitative estimate of drug-likeness (QED) is 0.759. The molecule has 1 aliphatic rings. The van der Waals surface area contributed by atoms with Crippen LogP contribution in [-0.2, 0) is 4.74 Å². The van der Waals surface area contributed by atoms with Gasteiger partial charge in [0.1, 0.15) is 11.9 Å². The smallest absolute Gasteiger partial charge is 0.273 e. The van der Waals surface area contributed by atoms with Gasteiger partial charge in [0.05, 0.1) is 24.8 Å². The second-order valence-corrected chi connectivity index (χ2v) is 4.13. The fourth-order valence-corrected chi connectivity index (χ4v) is 2.05. The molecule has 0 bridgehead atoms. The number of nitrogens with zero attached hydrogens (tertiary/aromatic N) is 2. The summed E-state index contributed by atoms with van der Waals surface area (Å²) in [6.45, 7) is 0.326. The van der Waals surface area contributed by atoms with E-state index in [-0.39, 0.29) is 19.1 Å². The van der Waals surface area contributed by atoms with Crippen LogP contribution in [0.5, 0.6) is 0 Å². The zero-order valence-corrected chi connectivity index (χ0v) is 9.04. The Bertz CT molecular complexity index is 344. The van der Waals surface area contributed by atoms with E-state index in [0.717, 1.165) is 0 Å². The molecule has 0 spiro atoms. The van der Waals surface area contributed by atoms with Gasteiger partial charge >= 0.3 is 0 Å². The number of ether oxygens (including phenoxy) is 1. The highest BCUT2D eigenvalue weighted by Crippen LogP contribution is 2.17. The maximum Gasteiger partial charge on any atom is 0.273 e. The molecule has 2 rings (SSSR count). The lowest BCUT2D eigenvalue weighted by atomic mass is 10.2. The van der Waals surface area contributed by atoms with E-state index in [0.29, 0.717) is 5.69 Å². The highest BCUT2D eigenvalue weighted by molar-refractivity contribution is 7.07. The summed E-state index contributed by atoms with van der Waals surface area (Å²) in [5, 5.41) is 1.65. The average molecular weight is 230 g/mol. The van der Waals surface area contributed by atoms with Gasteiger partial charge in [-0.05, 0) is 0 Å². The summed E-state index contributed by atoms with van der Waals surface area (Å²) >= 11 is 1.35. The second-order valence-electron chi connectivity index (χ2n) is 3.41. The van der Waals surface area contributed by atoms with Gasteiger partial charge in [0.25, 0.3) is 5.91 Å². The number of hydrogen-bond donors (Lipinski definition) is 0. The number of aromatic nitrogens is 1. The monoisotopic (exact) mass is 230 g/mol. The third-order valence-corrected chi connectivity index (χ3v) is 3.04. The number of amides is 1. The predicted molar refractivity (Wildman–Crippen MR) is 53.7 cm³/mol. The van der Waals surface area contributed by atoms with Gasteiger partial charge in [0, 0.05) is 12.4 Å². The van der Waals surface area contributed by atoms with Crippen LogP contribution in [0.3, 0.4) is 0 Å². The summed E-state index contributed by atoms with van der Waals surface area (Å²) in [5.74, 6) is -0.255. The summed E-state index contributed by atoms with van der Waals surface area (Å²) in [4.78, 5) is 17.1. The first-order valence-electron chi connectivity index (χ1n) is 4.57. The molecule has 2 heterocycles. The maximum atomic E-state index is 13.3. The van der Waals surface area contributed by atoms with Crippen LogP contribution in [0.4, 0.5) is 4.39 Å². The van der Waals surface area contributed by atoms with Crippen molar-refractivity contribution >= 4 is 17.2 Å². The third-order valence-electron chi connectivity index (χ3n) is 2.45. The van der Waals surface area contributed by atoms with E-state index >= 15 is 0 Å². The molecule has 1 amide bonds. The minimum Gasteiger partial charge on any atom is -0.376 e. The molecule has 2 unspecified atom stereocenters. The van der Waals surface area contributed by atoms with Crippen LogP contribution in [0.2, 0.25) is 0 Å². The lowest BCUT2D eigenvalue weighted by Crippen LogP contribution is -2.42. The Hall–Kier alpha value is -1.01. The van der Waals surface area contributed by atoms with Crippen LogP contribution in [0.15, 0.2) is 10.9 Å². The van der Waals surface area contributed by atoms with Crippen molar-refractivity contribution in [2.75, 3.05) is 20.3 Å². The maximum absolute atomic E-state index is 13.3. The van der Waals surface area contributed by atoms with E-state index in [1.54, 1.807) is 17.9 Å². The minimum atomic E-state index is -1.10. The fraction of sp³-hybridized carbons (Fsp3) is 0.556. The molecule has 0 aromatic carbocycles. The Labute approximate surface area is 90.7 Å². The predicted octanol–water partition coefficient (Wildman–Crippen LogP) is 0.952. The number of carbonyl (C=O) groups is 1. The first kappa shape index (κ1) is 10.5. The largest absolute Gasteiger partial charge is 0.376 e.